The van der Waals surface area contributed by atoms with Crippen LogP contribution in [0.25, 0.3) is 0 Å². The average Bonchev–Trinajstić information content (AvgIpc) is 2.34. The van der Waals surface area contributed by atoms with Crippen LogP contribution in [0.5, 0.6) is 0 Å². The summed E-state index contributed by atoms with van der Waals surface area (Å²) in [6.07, 6.45) is 4.65. The van der Waals surface area contributed by atoms with Gasteiger partial charge in [-0.2, -0.15) is 5.10 Å². The molecule has 0 bridgehead atoms. The Morgan fingerprint density at radius 2 is 1.90 bits per heavy atom. The molecule has 0 aliphatic carbocycles. The standard InChI is InChI=1S/C8H16N2/c1-8(2)7-9-10-5-3-4-6-10/h7-8H,3-6H2,1-2H3/b9-7+. The maximum Gasteiger partial charge on any atom is 0.0360 e. The van der Waals surface area contributed by atoms with E-state index in [1.54, 1.807) is 0 Å². The molecule has 0 spiro atoms. The highest BCUT2D eigenvalue weighted by Crippen LogP contribution is 2.06. The van der Waals surface area contributed by atoms with Gasteiger partial charge in [0.1, 0.15) is 0 Å². The molecule has 0 N–H and O–H groups in total. The number of hydrogen-bond acceptors (Lipinski definition) is 2. The van der Waals surface area contributed by atoms with E-state index < -0.39 is 0 Å². The maximum absolute atomic E-state index is 4.33. The molecular weight excluding hydrogens is 124 g/mol. The first-order valence-corrected chi connectivity index (χ1v) is 4.08. The van der Waals surface area contributed by atoms with E-state index >= 15 is 0 Å². The Hall–Kier alpha value is -0.530. The van der Waals surface area contributed by atoms with Gasteiger partial charge >= 0.3 is 0 Å². The van der Waals surface area contributed by atoms with Gasteiger partial charge in [0, 0.05) is 19.3 Å². The zero-order valence-electron chi connectivity index (χ0n) is 6.88. The van der Waals surface area contributed by atoms with Gasteiger partial charge in [-0.1, -0.05) is 13.8 Å². The van der Waals surface area contributed by atoms with Crippen LogP contribution >= 0.6 is 0 Å². The van der Waals surface area contributed by atoms with E-state index in [0.29, 0.717) is 5.92 Å². The minimum atomic E-state index is 0.584. The van der Waals surface area contributed by atoms with Gasteiger partial charge in [-0.25, -0.2) is 0 Å². The van der Waals surface area contributed by atoms with Gasteiger partial charge in [-0.15, -0.1) is 0 Å². The smallest absolute Gasteiger partial charge is 0.0360 e. The Kier molecular flexibility index (Phi) is 2.72. The van der Waals surface area contributed by atoms with Crippen LogP contribution in [0.2, 0.25) is 0 Å². The Labute approximate surface area is 62.9 Å². The lowest BCUT2D eigenvalue weighted by atomic mass is 10.3. The fourth-order valence-corrected chi connectivity index (χ4v) is 1.04. The van der Waals surface area contributed by atoms with Crippen LogP contribution in [0.1, 0.15) is 26.7 Å². The lowest BCUT2D eigenvalue weighted by molar-refractivity contribution is 0.360. The van der Waals surface area contributed by atoms with Crippen molar-refractivity contribution >= 4 is 6.21 Å². The summed E-state index contributed by atoms with van der Waals surface area (Å²) in [7, 11) is 0. The van der Waals surface area contributed by atoms with E-state index in [2.05, 4.69) is 24.0 Å². The molecule has 0 aromatic carbocycles. The third-order valence-electron chi connectivity index (χ3n) is 1.61. The summed E-state index contributed by atoms with van der Waals surface area (Å²) >= 11 is 0. The molecule has 1 fully saturated rings. The van der Waals surface area contributed by atoms with Crippen molar-refractivity contribution in [3.8, 4) is 0 Å². The van der Waals surface area contributed by atoms with Gasteiger partial charge in [0.05, 0.1) is 0 Å². The van der Waals surface area contributed by atoms with Crippen LogP contribution in [0.15, 0.2) is 5.10 Å². The van der Waals surface area contributed by atoms with E-state index in [-0.39, 0.29) is 0 Å². The largest absolute Gasteiger partial charge is 0.297 e. The Balaban J connectivity index is 2.23. The van der Waals surface area contributed by atoms with E-state index in [1.807, 2.05) is 6.21 Å². The minimum Gasteiger partial charge on any atom is -0.297 e. The second-order valence-electron chi connectivity index (χ2n) is 3.17. The third-order valence-corrected chi connectivity index (χ3v) is 1.61. The summed E-state index contributed by atoms with van der Waals surface area (Å²) in [5.74, 6) is 0.584. The van der Waals surface area contributed by atoms with Crippen LogP contribution in [-0.4, -0.2) is 24.3 Å². The second kappa shape index (κ2) is 3.59. The molecular formula is C8H16N2. The van der Waals surface area contributed by atoms with Crippen LogP contribution < -0.4 is 0 Å². The van der Waals surface area contributed by atoms with Crippen molar-refractivity contribution in [2.24, 2.45) is 11.0 Å². The van der Waals surface area contributed by atoms with Gasteiger partial charge in [0.15, 0.2) is 0 Å². The molecule has 10 heavy (non-hydrogen) atoms. The van der Waals surface area contributed by atoms with Crippen molar-refractivity contribution in [1.29, 1.82) is 0 Å². The highest BCUT2D eigenvalue weighted by atomic mass is 15.5. The van der Waals surface area contributed by atoms with Crippen LogP contribution in [0.3, 0.4) is 0 Å². The molecule has 0 atom stereocenters. The summed E-state index contributed by atoms with van der Waals surface area (Å²) in [4.78, 5) is 0. The first kappa shape index (κ1) is 7.58. The molecule has 1 aliphatic heterocycles. The fraction of sp³-hybridized carbons (Fsp3) is 0.875. The van der Waals surface area contributed by atoms with Crippen LogP contribution in [0.4, 0.5) is 0 Å². The maximum atomic E-state index is 4.33. The first-order valence-electron chi connectivity index (χ1n) is 4.08. The van der Waals surface area contributed by atoms with Gasteiger partial charge < -0.3 is 0 Å². The van der Waals surface area contributed by atoms with Crippen molar-refractivity contribution in [3.05, 3.63) is 0 Å². The lowest BCUT2D eigenvalue weighted by Gasteiger charge is -2.09. The molecule has 0 radical (unpaired) electrons. The molecule has 1 saturated heterocycles. The monoisotopic (exact) mass is 140 g/mol. The molecule has 2 nitrogen and oxygen atoms in total. The molecule has 0 saturated carbocycles. The molecule has 0 amide bonds. The van der Waals surface area contributed by atoms with Crippen molar-refractivity contribution < 1.29 is 0 Å². The van der Waals surface area contributed by atoms with Crippen molar-refractivity contribution in [1.82, 2.24) is 5.01 Å². The number of hydrazone groups is 1. The number of hydrogen-bond donors (Lipinski definition) is 0. The Bertz CT molecular complexity index is 112. The van der Waals surface area contributed by atoms with E-state index in [0.717, 1.165) is 13.1 Å². The highest BCUT2D eigenvalue weighted by Gasteiger charge is 2.06. The van der Waals surface area contributed by atoms with E-state index in [1.165, 1.54) is 12.8 Å². The van der Waals surface area contributed by atoms with Gasteiger partial charge in [0.2, 0.25) is 0 Å². The molecule has 0 aromatic heterocycles. The lowest BCUT2D eigenvalue weighted by Crippen LogP contribution is -2.12. The second-order valence-corrected chi connectivity index (χ2v) is 3.17. The van der Waals surface area contributed by atoms with Gasteiger partial charge in [0.25, 0.3) is 0 Å². The molecule has 1 heterocycles. The molecule has 0 aromatic rings. The normalized spacial score (nSPS) is 19.7. The zero-order chi connectivity index (χ0) is 7.40. The predicted octanol–water partition coefficient (Wildman–Crippen LogP) is 1.72. The molecule has 0 unspecified atom stereocenters. The van der Waals surface area contributed by atoms with Gasteiger partial charge in [-0.3, -0.25) is 5.01 Å². The van der Waals surface area contributed by atoms with Gasteiger partial charge in [-0.05, 0) is 18.8 Å². The Morgan fingerprint density at radius 3 is 2.40 bits per heavy atom. The number of nitrogens with zero attached hydrogens (tertiary/aromatic N) is 2. The minimum absolute atomic E-state index is 0.584. The summed E-state index contributed by atoms with van der Waals surface area (Å²) in [5.41, 5.74) is 0. The zero-order valence-corrected chi connectivity index (χ0v) is 6.88. The average molecular weight is 140 g/mol. The summed E-state index contributed by atoms with van der Waals surface area (Å²) in [6, 6.07) is 0. The SMILES string of the molecule is CC(C)/C=N/N1CCCC1. The van der Waals surface area contributed by atoms with Crippen molar-refractivity contribution in [2.45, 2.75) is 26.7 Å². The van der Waals surface area contributed by atoms with E-state index in [9.17, 15) is 0 Å². The van der Waals surface area contributed by atoms with Crippen molar-refractivity contribution in [2.75, 3.05) is 13.1 Å². The predicted molar refractivity (Wildman–Crippen MR) is 44.1 cm³/mol. The number of rotatable bonds is 2. The molecule has 1 aliphatic rings. The fourth-order valence-electron chi connectivity index (χ4n) is 1.04. The topological polar surface area (TPSA) is 15.6 Å². The van der Waals surface area contributed by atoms with E-state index in [4.69, 9.17) is 0 Å². The van der Waals surface area contributed by atoms with Crippen LogP contribution in [-0.2, 0) is 0 Å². The van der Waals surface area contributed by atoms with Crippen LogP contribution in [0, 0.1) is 5.92 Å². The summed E-state index contributed by atoms with van der Waals surface area (Å²) < 4.78 is 0. The third kappa shape index (κ3) is 2.38. The quantitative estimate of drug-likeness (QED) is 0.533. The first-order chi connectivity index (χ1) is 4.79. The van der Waals surface area contributed by atoms with Crippen molar-refractivity contribution in [3.63, 3.8) is 0 Å². The Morgan fingerprint density at radius 1 is 1.30 bits per heavy atom. The molecule has 58 valence electrons. The summed E-state index contributed by atoms with van der Waals surface area (Å²) in [6.45, 7) is 6.62. The molecule has 1 rings (SSSR count). The summed E-state index contributed by atoms with van der Waals surface area (Å²) in [5, 5.41) is 6.48. The highest BCUT2D eigenvalue weighted by molar-refractivity contribution is 5.59. The molecule has 2 heteroatoms.